The van der Waals surface area contributed by atoms with Gasteiger partial charge in [0.05, 0.1) is 28.9 Å². The lowest BCUT2D eigenvalue weighted by Gasteiger charge is -2.43. The monoisotopic (exact) mass is 318 g/mol. The maximum absolute atomic E-state index is 14.2. The third-order valence-electron chi connectivity index (χ3n) is 3.27. The second-order valence-corrected chi connectivity index (χ2v) is 7.28. The van der Waals surface area contributed by atoms with Crippen LogP contribution in [0.25, 0.3) is 0 Å². The first-order chi connectivity index (χ1) is 9.62. The fraction of sp³-hybridized carbons (Fsp3) is 0.538. The highest BCUT2D eigenvalue weighted by Crippen LogP contribution is 2.29. The first-order valence-electron chi connectivity index (χ1n) is 6.48. The fourth-order valence-electron chi connectivity index (χ4n) is 2.50. The van der Waals surface area contributed by atoms with E-state index in [1.807, 2.05) is 13.8 Å². The zero-order valence-electron chi connectivity index (χ0n) is 11.9. The number of aliphatic hydroxyl groups is 1. The summed E-state index contributed by atoms with van der Waals surface area (Å²) in [5.41, 5.74) is -0.284. The highest BCUT2D eigenvalue weighted by Gasteiger charge is 2.34. The minimum Gasteiger partial charge on any atom is -0.394 e. The van der Waals surface area contributed by atoms with E-state index in [9.17, 15) is 17.9 Å². The number of aliphatic hydroxyl groups excluding tert-OH is 1. The predicted octanol–water partition coefficient (Wildman–Crippen LogP) is 0.449. The first-order valence-corrected chi connectivity index (χ1v) is 8.03. The molecule has 1 unspecified atom stereocenters. The molecule has 0 spiro atoms. The summed E-state index contributed by atoms with van der Waals surface area (Å²) in [5, 5.41) is 14.2. The molecule has 1 atom stereocenters. The Labute approximate surface area is 123 Å². The summed E-state index contributed by atoms with van der Waals surface area (Å²) < 4.78 is 42.3. The number of sulfonamides is 1. The van der Waals surface area contributed by atoms with Crippen LogP contribution in [0.1, 0.15) is 13.8 Å². The molecule has 0 aromatic heterocycles. The van der Waals surface area contributed by atoms with Crippen molar-refractivity contribution in [1.29, 1.82) is 0 Å². The number of nitrogens with zero attached hydrogens (tertiary/aromatic N) is 1. The quantitative estimate of drug-likeness (QED) is 0.844. The summed E-state index contributed by atoms with van der Waals surface area (Å²) in [7, 11) is -3.93. The molecule has 1 aliphatic heterocycles. The van der Waals surface area contributed by atoms with Crippen molar-refractivity contribution in [3.05, 3.63) is 24.0 Å². The van der Waals surface area contributed by atoms with Gasteiger partial charge in [-0.25, -0.2) is 17.9 Å². The van der Waals surface area contributed by atoms with E-state index in [0.717, 1.165) is 6.07 Å². The van der Waals surface area contributed by atoms with E-state index >= 15 is 0 Å². The normalized spacial score (nSPS) is 22.3. The maximum Gasteiger partial charge on any atom is 0.238 e. The van der Waals surface area contributed by atoms with Crippen molar-refractivity contribution in [2.45, 2.75) is 30.4 Å². The summed E-state index contributed by atoms with van der Waals surface area (Å²) in [6, 6.07) is 3.55. The van der Waals surface area contributed by atoms with E-state index in [4.69, 9.17) is 9.88 Å². The number of rotatable bonds is 3. The van der Waals surface area contributed by atoms with Gasteiger partial charge in [-0.3, -0.25) is 0 Å². The number of primary sulfonamides is 1. The molecule has 1 heterocycles. The van der Waals surface area contributed by atoms with Crippen molar-refractivity contribution in [3.63, 3.8) is 0 Å². The predicted molar refractivity (Wildman–Crippen MR) is 76.0 cm³/mol. The topological polar surface area (TPSA) is 92.9 Å². The molecular formula is C13H19FN2O4S. The summed E-state index contributed by atoms with van der Waals surface area (Å²) in [6.45, 7) is 4.27. The minimum atomic E-state index is -3.93. The third kappa shape index (κ3) is 3.70. The van der Waals surface area contributed by atoms with Crippen LogP contribution in [0.5, 0.6) is 0 Å². The zero-order chi connectivity index (χ0) is 15.8. The van der Waals surface area contributed by atoms with Crippen LogP contribution in [0.2, 0.25) is 0 Å². The van der Waals surface area contributed by atoms with Gasteiger partial charge >= 0.3 is 0 Å². The SMILES string of the molecule is CC1(C)CN(c2ccc(S(N)(=O)=O)cc2F)CC(CO)O1. The Kier molecular flexibility index (Phi) is 4.25. The number of ether oxygens (including phenoxy) is 1. The average molecular weight is 318 g/mol. The van der Waals surface area contributed by atoms with Gasteiger partial charge in [-0.15, -0.1) is 0 Å². The Bertz CT molecular complexity index is 633. The molecule has 1 aliphatic rings. The number of anilines is 1. The van der Waals surface area contributed by atoms with Crippen LogP contribution in [0.3, 0.4) is 0 Å². The lowest BCUT2D eigenvalue weighted by atomic mass is 10.0. The summed E-state index contributed by atoms with van der Waals surface area (Å²) in [6.07, 6.45) is -0.425. The van der Waals surface area contributed by atoms with E-state index in [0.29, 0.717) is 13.1 Å². The minimum absolute atomic E-state index is 0.170. The van der Waals surface area contributed by atoms with Crippen LogP contribution in [0, 0.1) is 5.82 Å². The molecule has 21 heavy (non-hydrogen) atoms. The van der Waals surface area contributed by atoms with Gasteiger partial charge in [0.15, 0.2) is 0 Å². The first kappa shape index (κ1) is 16.2. The van der Waals surface area contributed by atoms with Crippen LogP contribution in [-0.2, 0) is 14.8 Å². The Hall–Kier alpha value is -1.22. The third-order valence-corrected chi connectivity index (χ3v) is 4.18. The molecule has 0 saturated carbocycles. The van der Waals surface area contributed by atoms with Crippen LogP contribution in [0.4, 0.5) is 10.1 Å². The zero-order valence-corrected chi connectivity index (χ0v) is 12.7. The van der Waals surface area contributed by atoms with Crippen molar-refractivity contribution in [1.82, 2.24) is 0 Å². The molecule has 0 amide bonds. The van der Waals surface area contributed by atoms with Crippen molar-refractivity contribution in [3.8, 4) is 0 Å². The van der Waals surface area contributed by atoms with Crippen LogP contribution >= 0.6 is 0 Å². The van der Waals surface area contributed by atoms with Gasteiger partial charge < -0.3 is 14.7 Å². The van der Waals surface area contributed by atoms with Crippen LogP contribution in [0.15, 0.2) is 23.1 Å². The Balaban J connectivity index is 2.33. The average Bonchev–Trinajstić information content (AvgIpc) is 2.35. The molecular weight excluding hydrogens is 299 g/mol. The molecule has 2 rings (SSSR count). The number of morpholine rings is 1. The number of hydrogen-bond acceptors (Lipinski definition) is 5. The van der Waals surface area contributed by atoms with Gasteiger partial charge in [-0.2, -0.15) is 0 Å². The van der Waals surface area contributed by atoms with Gasteiger partial charge in [0, 0.05) is 13.1 Å². The lowest BCUT2D eigenvalue weighted by molar-refractivity contribution is -0.101. The molecule has 6 nitrogen and oxygen atoms in total. The van der Waals surface area contributed by atoms with Gasteiger partial charge in [0.1, 0.15) is 5.82 Å². The van der Waals surface area contributed by atoms with Crippen molar-refractivity contribution in [2.75, 3.05) is 24.6 Å². The lowest BCUT2D eigenvalue weighted by Crippen LogP contribution is -2.54. The van der Waals surface area contributed by atoms with Gasteiger partial charge in [0.25, 0.3) is 0 Å². The van der Waals surface area contributed by atoms with Crippen molar-refractivity contribution >= 4 is 15.7 Å². The molecule has 8 heteroatoms. The van der Waals surface area contributed by atoms with Crippen LogP contribution < -0.4 is 10.0 Å². The van der Waals surface area contributed by atoms with Gasteiger partial charge in [-0.05, 0) is 32.0 Å². The number of hydrogen-bond donors (Lipinski definition) is 2. The number of halogens is 1. The molecule has 0 radical (unpaired) electrons. The van der Waals surface area contributed by atoms with E-state index in [2.05, 4.69) is 0 Å². The second-order valence-electron chi connectivity index (χ2n) is 5.72. The highest BCUT2D eigenvalue weighted by atomic mass is 32.2. The molecule has 118 valence electrons. The Morgan fingerprint density at radius 3 is 2.71 bits per heavy atom. The van der Waals surface area contributed by atoms with Crippen LogP contribution in [-0.4, -0.2) is 44.9 Å². The molecule has 1 saturated heterocycles. The van der Waals surface area contributed by atoms with Gasteiger partial charge in [0.2, 0.25) is 10.0 Å². The second kappa shape index (κ2) is 5.53. The Morgan fingerprint density at radius 1 is 1.52 bits per heavy atom. The van der Waals surface area contributed by atoms with E-state index in [1.54, 1.807) is 4.90 Å². The van der Waals surface area contributed by atoms with E-state index in [-0.39, 0.29) is 17.2 Å². The highest BCUT2D eigenvalue weighted by molar-refractivity contribution is 7.89. The smallest absolute Gasteiger partial charge is 0.238 e. The number of nitrogens with two attached hydrogens (primary N) is 1. The van der Waals surface area contributed by atoms with Crippen molar-refractivity contribution < 1.29 is 22.7 Å². The van der Waals surface area contributed by atoms with Gasteiger partial charge in [-0.1, -0.05) is 0 Å². The fourth-order valence-corrected chi connectivity index (χ4v) is 3.02. The van der Waals surface area contributed by atoms with E-state index in [1.165, 1.54) is 12.1 Å². The van der Waals surface area contributed by atoms with E-state index < -0.39 is 27.5 Å². The summed E-state index contributed by atoms with van der Waals surface area (Å²) >= 11 is 0. The summed E-state index contributed by atoms with van der Waals surface area (Å²) in [4.78, 5) is 1.46. The standard InChI is InChI=1S/C13H19FN2O4S/c1-13(2)8-16(6-9(7-17)20-13)12-4-3-10(5-11(12)14)21(15,18)19/h3-5,9,17H,6-8H2,1-2H3,(H2,15,18,19). The summed E-state index contributed by atoms with van der Waals surface area (Å²) in [5.74, 6) is -0.670. The maximum atomic E-state index is 14.2. The molecule has 1 aromatic rings. The molecule has 1 fully saturated rings. The number of benzene rings is 1. The molecule has 3 N–H and O–H groups in total. The molecule has 0 aliphatic carbocycles. The Morgan fingerprint density at radius 2 is 2.19 bits per heavy atom. The van der Waals surface area contributed by atoms with Crippen molar-refractivity contribution in [2.24, 2.45) is 5.14 Å². The largest absolute Gasteiger partial charge is 0.394 e. The molecule has 0 bridgehead atoms. The molecule has 1 aromatic carbocycles.